The fourth-order valence-corrected chi connectivity index (χ4v) is 2.53. The maximum absolute atomic E-state index is 11.8. The Morgan fingerprint density at radius 2 is 2.00 bits per heavy atom. The fraction of sp³-hybridized carbons (Fsp3) is 0.909. The predicted molar refractivity (Wildman–Crippen MR) is 67.7 cm³/mol. The number of thioether (sulfide) groups is 1. The van der Waals surface area contributed by atoms with Crippen LogP contribution in [0.25, 0.3) is 0 Å². The summed E-state index contributed by atoms with van der Waals surface area (Å²) in [6.07, 6.45) is 0. The summed E-state index contributed by atoms with van der Waals surface area (Å²) in [4.78, 5) is 16.0. The molecule has 1 fully saturated rings. The van der Waals surface area contributed by atoms with Gasteiger partial charge in [0.2, 0.25) is 5.91 Å². The Morgan fingerprint density at radius 3 is 2.56 bits per heavy atom. The number of rotatable bonds is 5. The molecule has 1 unspecified atom stereocenters. The molecular formula is C11H22N2O2S. The number of piperazine rings is 1. The monoisotopic (exact) mass is 246 g/mol. The van der Waals surface area contributed by atoms with Crippen LogP contribution < -0.4 is 0 Å². The first-order valence-corrected chi connectivity index (χ1v) is 6.94. The lowest BCUT2D eigenvalue weighted by Gasteiger charge is -2.32. The van der Waals surface area contributed by atoms with E-state index >= 15 is 0 Å². The molecule has 1 aliphatic heterocycles. The van der Waals surface area contributed by atoms with Gasteiger partial charge in [0.05, 0.1) is 5.75 Å². The first-order valence-electron chi connectivity index (χ1n) is 5.78. The van der Waals surface area contributed by atoms with Crippen molar-refractivity contribution in [3.63, 3.8) is 0 Å². The number of hydrogen-bond donors (Lipinski definition) is 1. The van der Waals surface area contributed by atoms with E-state index in [1.165, 1.54) is 0 Å². The molecule has 1 rings (SSSR count). The van der Waals surface area contributed by atoms with Crippen molar-refractivity contribution in [3.05, 3.63) is 0 Å². The van der Waals surface area contributed by atoms with Crippen molar-refractivity contribution in [3.8, 4) is 0 Å². The molecule has 94 valence electrons. The molecule has 0 radical (unpaired) electrons. The third-order valence-corrected chi connectivity index (χ3v) is 4.05. The smallest absolute Gasteiger partial charge is 0.232 e. The molecule has 4 nitrogen and oxygen atoms in total. The summed E-state index contributed by atoms with van der Waals surface area (Å²) in [6, 6.07) is 0. The van der Waals surface area contributed by atoms with Crippen LogP contribution in [0.5, 0.6) is 0 Å². The van der Waals surface area contributed by atoms with Crippen molar-refractivity contribution in [1.82, 2.24) is 9.80 Å². The van der Waals surface area contributed by atoms with Crippen molar-refractivity contribution < 1.29 is 9.90 Å². The van der Waals surface area contributed by atoms with Crippen LogP contribution in [0.4, 0.5) is 0 Å². The number of amides is 1. The van der Waals surface area contributed by atoms with Crippen LogP contribution in [0.15, 0.2) is 0 Å². The Labute approximate surface area is 102 Å². The molecule has 0 saturated carbocycles. The fourth-order valence-electron chi connectivity index (χ4n) is 1.55. The van der Waals surface area contributed by atoms with Crippen LogP contribution in [-0.2, 0) is 4.79 Å². The van der Waals surface area contributed by atoms with Gasteiger partial charge in [0, 0.05) is 32.8 Å². The number of nitrogens with zero attached hydrogens (tertiary/aromatic N) is 2. The van der Waals surface area contributed by atoms with E-state index in [1.807, 2.05) is 11.8 Å². The standard InChI is InChI=1S/C11H22N2O2S/c1-10(7-14)8-16-9-11(15)13-5-3-12(2)4-6-13/h10,14H,3-9H2,1-2H3. The highest BCUT2D eigenvalue weighted by molar-refractivity contribution is 7.99. The number of carbonyl (C=O) groups is 1. The molecule has 1 atom stereocenters. The van der Waals surface area contributed by atoms with Gasteiger partial charge >= 0.3 is 0 Å². The maximum atomic E-state index is 11.8. The van der Waals surface area contributed by atoms with Crippen molar-refractivity contribution in [2.75, 3.05) is 51.3 Å². The zero-order chi connectivity index (χ0) is 12.0. The lowest BCUT2D eigenvalue weighted by molar-refractivity contribution is -0.129. The van der Waals surface area contributed by atoms with Gasteiger partial charge < -0.3 is 14.9 Å². The van der Waals surface area contributed by atoms with E-state index in [0.717, 1.165) is 31.9 Å². The third-order valence-electron chi connectivity index (χ3n) is 2.80. The van der Waals surface area contributed by atoms with Gasteiger partial charge in [-0.3, -0.25) is 4.79 Å². The van der Waals surface area contributed by atoms with Gasteiger partial charge in [-0.15, -0.1) is 0 Å². The summed E-state index contributed by atoms with van der Waals surface area (Å²) in [5.74, 6) is 1.93. The number of hydrogen-bond acceptors (Lipinski definition) is 4. The summed E-state index contributed by atoms with van der Waals surface area (Å²) in [5.41, 5.74) is 0. The molecule has 0 aromatic heterocycles. The number of likely N-dealkylation sites (N-methyl/N-ethyl adjacent to an activating group) is 1. The second-order valence-corrected chi connectivity index (χ2v) is 5.52. The average molecular weight is 246 g/mol. The third kappa shape index (κ3) is 4.72. The Bertz CT molecular complexity index is 218. The molecule has 1 heterocycles. The highest BCUT2D eigenvalue weighted by atomic mass is 32.2. The zero-order valence-corrected chi connectivity index (χ0v) is 11.0. The molecule has 1 amide bonds. The minimum Gasteiger partial charge on any atom is -0.396 e. The summed E-state index contributed by atoms with van der Waals surface area (Å²) in [7, 11) is 2.08. The van der Waals surface area contributed by atoms with Crippen LogP contribution >= 0.6 is 11.8 Å². The molecule has 5 heteroatoms. The number of aliphatic hydroxyl groups excluding tert-OH is 1. The highest BCUT2D eigenvalue weighted by Crippen LogP contribution is 2.10. The van der Waals surface area contributed by atoms with Gasteiger partial charge in [0.15, 0.2) is 0 Å². The Kier molecular flexibility index (Phi) is 6.16. The SMILES string of the molecule is CC(CO)CSCC(=O)N1CCN(C)CC1. The van der Waals surface area contributed by atoms with Crippen LogP contribution in [-0.4, -0.2) is 72.2 Å². The lowest BCUT2D eigenvalue weighted by Crippen LogP contribution is -2.47. The normalized spacial score (nSPS) is 19.8. The molecule has 1 N–H and O–H groups in total. The minimum atomic E-state index is 0.204. The van der Waals surface area contributed by atoms with E-state index in [-0.39, 0.29) is 18.4 Å². The van der Waals surface area contributed by atoms with Gasteiger partial charge in [-0.25, -0.2) is 0 Å². The molecule has 1 saturated heterocycles. The van der Waals surface area contributed by atoms with Gasteiger partial charge in [-0.1, -0.05) is 6.92 Å². The molecule has 0 bridgehead atoms. The molecule has 0 spiro atoms. The van der Waals surface area contributed by atoms with Crippen molar-refractivity contribution in [2.24, 2.45) is 5.92 Å². The number of carbonyl (C=O) groups excluding carboxylic acids is 1. The largest absolute Gasteiger partial charge is 0.396 e. The first-order chi connectivity index (χ1) is 7.63. The Hall–Kier alpha value is -0.260. The Balaban J connectivity index is 2.15. The van der Waals surface area contributed by atoms with Gasteiger partial charge in [-0.05, 0) is 18.7 Å². The Morgan fingerprint density at radius 1 is 1.38 bits per heavy atom. The van der Waals surface area contributed by atoms with E-state index < -0.39 is 0 Å². The minimum absolute atomic E-state index is 0.204. The first kappa shape index (κ1) is 13.8. The summed E-state index contributed by atoms with van der Waals surface area (Å²) < 4.78 is 0. The van der Waals surface area contributed by atoms with Crippen LogP contribution in [0.1, 0.15) is 6.92 Å². The van der Waals surface area contributed by atoms with Crippen LogP contribution in [0, 0.1) is 5.92 Å². The van der Waals surface area contributed by atoms with Crippen molar-refractivity contribution in [1.29, 1.82) is 0 Å². The number of aliphatic hydroxyl groups is 1. The summed E-state index contributed by atoms with van der Waals surface area (Å²) in [6.45, 7) is 5.85. The molecular weight excluding hydrogens is 224 g/mol. The highest BCUT2D eigenvalue weighted by Gasteiger charge is 2.18. The quantitative estimate of drug-likeness (QED) is 0.748. The maximum Gasteiger partial charge on any atom is 0.232 e. The second-order valence-electron chi connectivity index (χ2n) is 4.49. The molecule has 16 heavy (non-hydrogen) atoms. The van der Waals surface area contributed by atoms with E-state index in [0.29, 0.717) is 5.75 Å². The van der Waals surface area contributed by atoms with Gasteiger partial charge in [0.25, 0.3) is 0 Å². The zero-order valence-electron chi connectivity index (χ0n) is 10.2. The topological polar surface area (TPSA) is 43.8 Å². The summed E-state index contributed by atoms with van der Waals surface area (Å²) >= 11 is 1.62. The van der Waals surface area contributed by atoms with Gasteiger partial charge in [0.1, 0.15) is 0 Å². The molecule has 0 aromatic rings. The molecule has 1 aliphatic rings. The van der Waals surface area contributed by atoms with Crippen molar-refractivity contribution in [2.45, 2.75) is 6.92 Å². The van der Waals surface area contributed by atoms with E-state index in [1.54, 1.807) is 11.8 Å². The van der Waals surface area contributed by atoms with E-state index in [4.69, 9.17) is 5.11 Å². The van der Waals surface area contributed by atoms with E-state index in [9.17, 15) is 4.79 Å². The van der Waals surface area contributed by atoms with Crippen molar-refractivity contribution >= 4 is 17.7 Å². The average Bonchev–Trinajstić information content (AvgIpc) is 2.29. The lowest BCUT2D eigenvalue weighted by atomic mass is 10.2. The van der Waals surface area contributed by atoms with Gasteiger partial charge in [-0.2, -0.15) is 11.8 Å². The predicted octanol–water partition coefficient (Wildman–Crippen LogP) is 0.122. The van der Waals surface area contributed by atoms with Crippen LogP contribution in [0.2, 0.25) is 0 Å². The molecule has 0 aliphatic carbocycles. The second kappa shape index (κ2) is 7.14. The summed E-state index contributed by atoms with van der Waals surface area (Å²) in [5, 5.41) is 8.86. The van der Waals surface area contributed by atoms with E-state index in [2.05, 4.69) is 11.9 Å². The van der Waals surface area contributed by atoms with Crippen LogP contribution in [0.3, 0.4) is 0 Å². The molecule has 0 aromatic carbocycles.